The Labute approximate surface area is 80.6 Å². The molecule has 0 bridgehead atoms. The zero-order valence-electron chi connectivity index (χ0n) is 7.47. The maximum atomic E-state index is 10.6. The van der Waals surface area contributed by atoms with Crippen LogP contribution >= 0.6 is 0 Å². The van der Waals surface area contributed by atoms with Gasteiger partial charge in [0.05, 0.1) is 16.7 Å². The van der Waals surface area contributed by atoms with Crippen molar-refractivity contribution in [3.8, 4) is 5.75 Å². The van der Waals surface area contributed by atoms with Crippen LogP contribution in [-0.2, 0) is 0 Å². The molecule has 14 heavy (non-hydrogen) atoms. The SMILES string of the molecule is Nc1cccc([N+](=O)[O-])c1OC1CC1. The molecule has 0 saturated heterocycles. The van der Waals surface area contributed by atoms with E-state index in [0.717, 1.165) is 12.8 Å². The average Bonchev–Trinajstić information content (AvgIpc) is 2.91. The van der Waals surface area contributed by atoms with Crippen LogP contribution in [0.5, 0.6) is 5.75 Å². The van der Waals surface area contributed by atoms with Crippen LogP contribution in [0.1, 0.15) is 12.8 Å². The van der Waals surface area contributed by atoms with Crippen LogP contribution in [0, 0.1) is 10.1 Å². The van der Waals surface area contributed by atoms with E-state index >= 15 is 0 Å². The van der Waals surface area contributed by atoms with Gasteiger partial charge in [-0.15, -0.1) is 0 Å². The topological polar surface area (TPSA) is 78.4 Å². The standard InChI is InChI=1S/C9H10N2O3/c10-7-2-1-3-8(11(12)13)9(7)14-6-4-5-6/h1-3,6H,4-5,10H2. The molecule has 5 heteroatoms. The number of nitrogens with zero attached hydrogens (tertiary/aromatic N) is 1. The van der Waals surface area contributed by atoms with Crippen molar-refractivity contribution >= 4 is 11.4 Å². The summed E-state index contributed by atoms with van der Waals surface area (Å²) >= 11 is 0. The number of nitro groups is 1. The Balaban J connectivity index is 2.36. The summed E-state index contributed by atoms with van der Waals surface area (Å²) in [6.45, 7) is 0. The number of nitro benzene ring substituents is 1. The van der Waals surface area contributed by atoms with Crippen molar-refractivity contribution in [3.05, 3.63) is 28.3 Å². The molecule has 1 saturated carbocycles. The molecule has 1 fully saturated rings. The highest BCUT2D eigenvalue weighted by Crippen LogP contribution is 2.37. The van der Waals surface area contributed by atoms with Crippen LogP contribution in [0.4, 0.5) is 11.4 Å². The number of hydrogen-bond donors (Lipinski definition) is 1. The molecule has 1 aliphatic rings. The largest absolute Gasteiger partial charge is 0.482 e. The third-order valence-corrected chi connectivity index (χ3v) is 2.03. The highest BCUT2D eigenvalue weighted by atomic mass is 16.6. The Morgan fingerprint density at radius 1 is 1.50 bits per heavy atom. The Bertz CT molecular complexity index is 374. The number of benzene rings is 1. The molecule has 0 aromatic heterocycles. The summed E-state index contributed by atoms with van der Waals surface area (Å²) in [5.41, 5.74) is 5.87. The van der Waals surface area contributed by atoms with E-state index < -0.39 is 4.92 Å². The summed E-state index contributed by atoms with van der Waals surface area (Å²) in [5.74, 6) is 0.208. The summed E-state index contributed by atoms with van der Waals surface area (Å²) < 4.78 is 5.38. The summed E-state index contributed by atoms with van der Waals surface area (Å²) in [4.78, 5) is 10.2. The van der Waals surface area contributed by atoms with E-state index in [1.165, 1.54) is 6.07 Å². The third-order valence-electron chi connectivity index (χ3n) is 2.03. The minimum Gasteiger partial charge on any atom is -0.482 e. The first-order valence-electron chi connectivity index (χ1n) is 4.38. The van der Waals surface area contributed by atoms with Gasteiger partial charge in [-0.3, -0.25) is 10.1 Å². The molecule has 2 N–H and O–H groups in total. The first kappa shape index (κ1) is 8.80. The number of anilines is 1. The first-order valence-corrected chi connectivity index (χ1v) is 4.38. The van der Waals surface area contributed by atoms with Gasteiger partial charge in [0, 0.05) is 6.07 Å². The van der Waals surface area contributed by atoms with E-state index in [1.54, 1.807) is 12.1 Å². The van der Waals surface area contributed by atoms with Crippen LogP contribution in [0.3, 0.4) is 0 Å². The van der Waals surface area contributed by atoms with Crippen molar-refractivity contribution in [3.63, 3.8) is 0 Å². The molecular weight excluding hydrogens is 184 g/mol. The van der Waals surface area contributed by atoms with Crippen molar-refractivity contribution in [1.82, 2.24) is 0 Å². The molecule has 1 aliphatic carbocycles. The lowest BCUT2D eigenvalue weighted by Gasteiger charge is -2.07. The van der Waals surface area contributed by atoms with Crippen LogP contribution in [0.2, 0.25) is 0 Å². The molecular formula is C9H10N2O3. The fourth-order valence-electron chi connectivity index (χ4n) is 1.17. The second-order valence-electron chi connectivity index (χ2n) is 3.27. The van der Waals surface area contributed by atoms with Gasteiger partial charge in [0.1, 0.15) is 0 Å². The zero-order valence-corrected chi connectivity index (χ0v) is 7.47. The van der Waals surface area contributed by atoms with E-state index in [0.29, 0.717) is 5.69 Å². The maximum absolute atomic E-state index is 10.6. The molecule has 0 amide bonds. The minimum absolute atomic E-state index is 0.0584. The second kappa shape index (κ2) is 3.17. The molecule has 0 atom stereocenters. The lowest BCUT2D eigenvalue weighted by Crippen LogP contribution is -2.03. The first-order chi connectivity index (χ1) is 6.68. The van der Waals surface area contributed by atoms with Crippen LogP contribution < -0.4 is 10.5 Å². The average molecular weight is 194 g/mol. The Morgan fingerprint density at radius 3 is 2.79 bits per heavy atom. The van der Waals surface area contributed by atoms with Crippen molar-refractivity contribution < 1.29 is 9.66 Å². The van der Waals surface area contributed by atoms with Crippen LogP contribution in [-0.4, -0.2) is 11.0 Å². The lowest BCUT2D eigenvalue weighted by molar-refractivity contribution is -0.385. The Hall–Kier alpha value is -1.78. The van der Waals surface area contributed by atoms with Gasteiger partial charge in [-0.25, -0.2) is 0 Å². The Morgan fingerprint density at radius 2 is 2.21 bits per heavy atom. The maximum Gasteiger partial charge on any atom is 0.313 e. The van der Waals surface area contributed by atoms with Gasteiger partial charge in [-0.05, 0) is 18.9 Å². The third kappa shape index (κ3) is 1.61. The molecule has 0 radical (unpaired) electrons. The molecule has 74 valence electrons. The second-order valence-corrected chi connectivity index (χ2v) is 3.27. The van der Waals surface area contributed by atoms with E-state index in [2.05, 4.69) is 0 Å². The number of para-hydroxylation sites is 1. The van der Waals surface area contributed by atoms with E-state index in [9.17, 15) is 10.1 Å². The predicted octanol–water partition coefficient (Wildman–Crippen LogP) is 1.72. The highest BCUT2D eigenvalue weighted by Gasteiger charge is 2.28. The van der Waals surface area contributed by atoms with Gasteiger partial charge in [-0.2, -0.15) is 0 Å². The Kier molecular flexibility index (Phi) is 1.99. The fraction of sp³-hybridized carbons (Fsp3) is 0.333. The summed E-state index contributed by atoms with van der Waals surface area (Å²) in [6.07, 6.45) is 2.01. The van der Waals surface area contributed by atoms with E-state index in [-0.39, 0.29) is 17.5 Å². The molecule has 0 spiro atoms. The molecule has 1 aromatic rings. The van der Waals surface area contributed by atoms with Crippen molar-refractivity contribution in [2.45, 2.75) is 18.9 Å². The number of nitrogens with two attached hydrogens (primary N) is 1. The molecule has 0 unspecified atom stereocenters. The van der Waals surface area contributed by atoms with Gasteiger partial charge in [-0.1, -0.05) is 6.07 Å². The van der Waals surface area contributed by atoms with Gasteiger partial charge in [0.2, 0.25) is 5.75 Å². The lowest BCUT2D eigenvalue weighted by atomic mass is 10.2. The van der Waals surface area contributed by atoms with Crippen molar-refractivity contribution in [2.75, 3.05) is 5.73 Å². The van der Waals surface area contributed by atoms with Crippen molar-refractivity contribution in [1.29, 1.82) is 0 Å². The number of hydrogen-bond acceptors (Lipinski definition) is 4. The molecule has 0 aliphatic heterocycles. The van der Waals surface area contributed by atoms with Gasteiger partial charge in [0.25, 0.3) is 0 Å². The van der Waals surface area contributed by atoms with Crippen LogP contribution in [0.25, 0.3) is 0 Å². The summed E-state index contributed by atoms with van der Waals surface area (Å²) in [5, 5.41) is 10.6. The molecule has 0 heterocycles. The minimum atomic E-state index is -0.478. The fourth-order valence-corrected chi connectivity index (χ4v) is 1.17. The monoisotopic (exact) mass is 194 g/mol. The van der Waals surface area contributed by atoms with Gasteiger partial charge < -0.3 is 10.5 Å². The van der Waals surface area contributed by atoms with E-state index in [1.807, 2.05) is 0 Å². The normalized spacial score (nSPS) is 15.1. The van der Waals surface area contributed by atoms with Crippen LogP contribution in [0.15, 0.2) is 18.2 Å². The van der Waals surface area contributed by atoms with E-state index in [4.69, 9.17) is 10.5 Å². The number of ether oxygens (including phenoxy) is 1. The summed E-state index contributed by atoms with van der Waals surface area (Å²) in [7, 11) is 0. The summed E-state index contributed by atoms with van der Waals surface area (Å²) in [6, 6.07) is 4.55. The quantitative estimate of drug-likeness (QED) is 0.451. The highest BCUT2D eigenvalue weighted by molar-refractivity contribution is 5.63. The number of nitrogen functional groups attached to an aromatic ring is 1. The predicted molar refractivity (Wildman–Crippen MR) is 51.2 cm³/mol. The molecule has 5 nitrogen and oxygen atoms in total. The zero-order chi connectivity index (χ0) is 10.1. The smallest absolute Gasteiger partial charge is 0.313 e. The van der Waals surface area contributed by atoms with Crippen molar-refractivity contribution in [2.24, 2.45) is 0 Å². The molecule has 1 aromatic carbocycles. The van der Waals surface area contributed by atoms with Gasteiger partial charge >= 0.3 is 5.69 Å². The molecule has 2 rings (SSSR count). The number of rotatable bonds is 3. The van der Waals surface area contributed by atoms with Gasteiger partial charge in [0.15, 0.2) is 0 Å².